The van der Waals surface area contributed by atoms with Gasteiger partial charge in [-0.3, -0.25) is 10.1 Å². The number of nitro benzene ring substituents is 1. The van der Waals surface area contributed by atoms with Crippen molar-refractivity contribution in [2.75, 3.05) is 18.4 Å². The number of nitrogens with one attached hydrogen (secondary N) is 2. The largest absolute Gasteiger partial charge is 0.378 e. The highest BCUT2D eigenvalue weighted by Gasteiger charge is 2.13. The second kappa shape index (κ2) is 7.70. The molecule has 0 amide bonds. The van der Waals surface area contributed by atoms with Gasteiger partial charge >= 0.3 is 0 Å². The van der Waals surface area contributed by atoms with Crippen LogP contribution in [0.3, 0.4) is 0 Å². The van der Waals surface area contributed by atoms with E-state index in [4.69, 9.17) is 0 Å². The van der Waals surface area contributed by atoms with Gasteiger partial charge in [0.05, 0.1) is 10.7 Å². The van der Waals surface area contributed by atoms with Crippen molar-refractivity contribution in [2.45, 2.75) is 5.75 Å². The van der Waals surface area contributed by atoms with E-state index in [1.54, 1.807) is 42.5 Å². The summed E-state index contributed by atoms with van der Waals surface area (Å²) in [7, 11) is -3.44. The summed E-state index contributed by atoms with van der Waals surface area (Å²) in [5.41, 5.74) is 1.02. The average molecular weight is 335 g/mol. The number of nitro groups is 1. The molecule has 0 bridgehead atoms. The molecule has 0 heterocycles. The molecule has 0 unspecified atom stereocenters. The average Bonchev–Trinajstić information content (AvgIpc) is 2.52. The molecular formula is C15H17N3O4S. The quantitative estimate of drug-likeness (QED) is 0.437. The number of rotatable bonds is 8. The normalized spacial score (nSPS) is 11.1. The number of hydrogen-bond donors (Lipinski definition) is 2. The topological polar surface area (TPSA) is 101 Å². The smallest absolute Gasteiger partial charge is 0.292 e. The van der Waals surface area contributed by atoms with Crippen LogP contribution in [0, 0.1) is 10.1 Å². The fourth-order valence-corrected chi connectivity index (χ4v) is 3.18. The Bertz CT molecular complexity index is 763. The third-order valence-electron chi connectivity index (χ3n) is 3.06. The molecule has 0 fully saturated rings. The Morgan fingerprint density at radius 3 is 2.30 bits per heavy atom. The van der Waals surface area contributed by atoms with Crippen molar-refractivity contribution in [3.63, 3.8) is 0 Å². The molecule has 0 saturated heterocycles. The van der Waals surface area contributed by atoms with Crippen LogP contribution in [0.5, 0.6) is 0 Å². The molecule has 0 atom stereocenters. The monoisotopic (exact) mass is 335 g/mol. The second-order valence-electron chi connectivity index (χ2n) is 4.84. The Kier molecular flexibility index (Phi) is 5.67. The zero-order chi connectivity index (χ0) is 16.7. The molecule has 0 aromatic heterocycles. The van der Waals surface area contributed by atoms with Gasteiger partial charge < -0.3 is 5.32 Å². The summed E-state index contributed by atoms with van der Waals surface area (Å²) in [6.07, 6.45) is 0. The van der Waals surface area contributed by atoms with E-state index in [1.807, 2.05) is 6.07 Å². The molecule has 2 rings (SSSR count). The van der Waals surface area contributed by atoms with Gasteiger partial charge in [-0.05, 0) is 11.6 Å². The molecule has 0 aliphatic heterocycles. The van der Waals surface area contributed by atoms with Crippen molar-refractivity contribution in [2.24, 2.45) is 0 Å². The zero-order valence-corrected chi connectivity index (χ0v) is 13.1. The maximum absolute atomic E-state index is 11.9. The van der Waals surface area contributed by atoms with E-state index in [9.17, 15) is 18.5 Å². The zero-order valence-electron chi connectivity index (χ0n) is 12.3. The van der Waals surface area contributed by atoms with Crippen LogP contribution in [-0.4, -0.2) is 26.4 Å². The van der Waals surface area contributed by atoms with Gasteiger partial charge in [0.2, 0.25) is 10.0 Å². The predicted molar refractivity (Wildman–Crippen MR) is 88.7 cm³/mol. The van der Waals surface area contributed by atoms with Crippen LogP contribution in [0.2, 0.25) is 0 Å². The van der Waals surface area contributed by atoms with Crippen molar-refractivity contribution in [3.8, 4) is 0 Å². The Labute approximate surface area is 134 Å². The fourth-order valence-electron chi connectivity index (χ4n) is 2.03. The molecular weight excluding hydrogens is 318 g/mol. The highest BCUT2D eigenvalue weighted by molar-refractivity contribution is 7.88. The van der Waals surface area contributed by atoms with Crippen molar-refractivity contribution in [3.05, 3.63) is 70.3 Å². The third-order valence-corrected chi connectivity index (χ3v) is 4.42. The second-order valence-corrected chi connectivity index (χ2v) is 6.65. The lowest BCUT2D eigenvalue weighted by Crippen LogP contribution is -2.30. The standard InChI is InChI=1S/C15H17N3O4S/c19-18(20)15-9-5-4-8-14(15)16-10-11-17-23(21,22)12-13-6-2-1-3-7-13/h1-9,16-17H,10-12H2. The van der Waals surface area contributed by atoms with E-state index in [2.05, 4.69) is 10.0 Å². The lowest BCUT2D eigenvalue weighted by molar-refractivity contribution is -0.384. The fraction of sp³-hybridized carbons (Fsp3) is 0.200. The maximum atomic E-state index is 11.9. The summed E-state index contributed by atoms with van der Waals surface area (Å²) in [5, 5.41) is 13.7. The molecule has 0 spiro atoms. The molecule has 2 N–H and O–H groups in total. The summed E-state index contributed by atoms with van der Waals surface area (Å²) in [4.78, 5) is 10.4. The molecule has 0 aliphatic rings. The van der Waals surface area contributed by atoms with Crippen LogP contribution >= 0.6 is 0 Å². The number of benzene rings is 2. The minimum atomic E-state index is -3.44. The first-order chi connectivity index (χ1) is 11.0. The molecule has 0 aliphatic carbocycles. The van der Waals surface area contributed by atoms with Gasteiger partial charge in [-0.25, -0.2) is 13.1 Å². The van der Waals surface area contributed by atoms with Gasteiger partial charge in [0.1, 0.15) is 5.69 Å². The van der Waals surface area contributed by atoms with Gasteiger partial charge in [-0.15, -0.1) is 0 Å². The van der Waals surface area contributed by atoms with Crippen molar-refractivity contribution in [1.82, 2.24) is 4.72 Å². The number of anilines is 1. The summed E-state index contributed by atoms with van der Waals surface area (Å²) in [6, 6.07) is 15.1. The molecule has 2 aromatic rings. The number of para-hydroxylation sites is 2. The number of sulfonamides is 1. The number of hydrogen-bond acceptors (Lipinski definition) is 5. The first-order valence-corrected chi connectivity index (χ1v) is 8.62. The van der Waals surface area contributed by atoms with Gasteiger partial charge in [0.25, 0.3) is 5.69 Å². The van der Waals surface area contributed by atoms with Gasteiger partial charge in [-0.2, -0.15) is 0 Å². The molecule has 8 heteroatoms. The Hall–Kier alpha value is -2.45. The molecule has 7 nitrogen and oxygen atoms in total. The summed E-state index contributed by atoms with van der Waals surface area (Å²) in [5.74, 6) is -0.0979. The van der Waals surface area contributed by atoms with Crippen molar-refractivity contribution in [1.29, 1.82) is 0 Å². The molecule has 0 radical (unpaired) electrons. The third kappa shape index (κ3) is 5.35. The van der Waals surface area contributed by atoms with Crippen LogP contribution < -0.4 is 10.0 Å². The molecule has 0 saturated carbocycles. The van der Waals surface area contributed by atoms with Crippen LogP contribution in [0.4, 0.5) is 11.4 Å². The summed E-state index contributed by atoms with van der Waals surface area (Å²) in [6.45, 7) is 0.389. The van der Waals surface area contributed by atoms with E-state index in [0.717, 1.165) is 0 Å². The maximum Gasteiger partial charge on any atom is 0.292 e. The minimum absolute atomic E-state index is 0.0420. The van der Waals surface area contributed by atoms with E-state index in [0.29, 0.717) is 11.3 Å². The lowest BCUT2D eigenvalue weighted by Gasteiger charge is -2.09. The highest BCUT2D eigenvalue weighted by Crippen LogP contribution is 2.22. The Balaban J connectivity index is 1.84. The first-order valence-electron chi connectivity index (χ1n) is 6.96. The molecule has 2 aromatic carbocycles. The van der Waals surface area contributed by atoms with Gasteiger partial charge in [0.15, 0.2) is 0 Å². The SMILES string of the molecule is O=[N+]([O-])c1ccccc1NCCNS(=O)(=O)Cc1ccccc1. The van der Waals surface area contributed by atoms with Crippen LogP contribution in [0.15, 0.2) is 54.6 Å². The first kappa shape index (κ1) is 16.9. The number of nitrogens with zero attached hydrogens (tertiary/aromatic N) is 1. The van der Waals surface area contributed by atoms with Crippen molar-refractivity contribution < 1.29 is 13.3 Å². The van der Waals surface area contributed by atoms with Crippen LogP contribution in [0.1, 0.15) is 5.56 Å². The predicted octanol–water partition coefficient (Wildman–Crippen LogP) is 2.13. The summed E-state index contributed by atoms with van der Waals surface area (Å²) >= 11 is 0. The van der Waals surface area contributed by atoms with Crippen molar-refractivity contribution >= 4 is 21.4 Å². The summed E-state index contributed by atoms with van der Waals surface area (Å²) < 4.78 is 26.3. The Morgan fingerprint density at radius 2 is 1.61 bits per heavy atom. The van der Waals surface area contributed by atoms with E-state index in [1.165, 1.54) is 6.07 Å². The Morgan fingerprint density at radius 1 is 0.957 bits per heavy atom. The van der Waals surface area contributed by atoms with Gasteiger partial charge in [0, 0.05) is 19.2 Å². The van der Waals surface area contributed by atoms with Crippen LogP contribution in [0.25, 0.3) is 0 Å². The van der Waals surface area contributed by atoms with E-state index < -0.39 is 14.9 Å². The van der Waals surface area contributed by atoms with E-state index >= 15 is 0 Å². The minimum Gasteiger partial charge on any atom is -0.378 e. The van der Waals surface area contributed by atoms with Crippen LogP contribution in [-0.2, 0) is 15.8 Å². The van der Waals surface area contributed by atoms with E-state index in [-0.39, 0.29) is 24.5 Å². The molecule has 23 heavy (non-hydrogen) atoms. The van der Waals surface area contributed by atoms with Gasteiger partial charge in [-0.1, -0.05) is 42.5 Å². The molecule has 122 valence electrons. The lowest BCUT2D eigenvalue weighted by atomic mass is 10.2. The highest BCUT2D eigenvalue weighted by atomic mass is 32.2.